The summed E-state index contributed by atoms with van der Waals surface area (Å²) in [7, 11) is -2.62. The fourth-order valence-electron chi connectivity index (χ4n) is 3.36. The first-order valence-corrected chi connectivity index (χ1v) is 10.7. The van der Waals surface area contributed by atoms with Crippen molar-refractivity contribution < 1.29 is 13.4 Å². The van der Waals surface area contributed by atoms with Crippen LogP contribution >= 0.6 is 0 Å². The molecule has 0 saturated heterocycles. The van der Waals surface area contributed by atoms with Gasteiger partial charge in [0, 0.05) is 23.2 Å². The third-order valence-electron chi connectivity index (χ3n) is 6.08. The second-order valence-electron chi connectivity index (χ2n) is 8.71. The summed E-state index contributed by atoms with van der Waals surface area (Å²) in [6, 6.07) is 4.66. The summed E-state index contributed by atoms with van der Waals surface area (Å²) >= 11 is 0. The van der Waals surface area contributed by atoms with Crippen LogP contribution < -0.4 is 5.73 Å². The van der Waals surface area contributed by atoms with Crippen LogP contribution in [0.25, 0.3) is 0 Å². The van der Waals surface area contributed by atoms with Crippen LogP contribution in [-0.2, 0) is 26.3 Å². The number of hydrogen-bond donors (Lipinski definition) is 1. The summed E-state index contributed by atoms with van der Waals surface area (Å²) in [4.78, 5) is 16.9. The van der Waals surface area contributed by atoms with Crippen LogP contribution in [-0.4, -0.2) is 32.2 Å². The molecule has 2 aliphatic rings. The summed E-state index contributed by atoms with van der Waals surface area (Å²) in [5.41, 5.74) is 5.86. The first kappa shape index (κ1) is 19.1. The largest absolute Gasteiger partial charge is 0.386 e. The van der Waals surface area contributed by atoms with E-state index in [1.165, 1.54) is 6.07 Å². The number of carbonyl (C=O) groups is 1. The van der Waals surface area contributed by atoms with Crippen molar-refractivity contribution in [2.75, 3.05) is 5.75 Å². The van der Waals surface area contributed by atoms with Crippen LogP contribution in [0.15, 0.2) is 23.2 Å². The Morgan fingerprint density at radius 2 is 1.92 bits per heavy atom. The van der Waals surface area contributed by atoms with Gasteiger partial charge in [-0.1, -0.05) is 13.0 Å². The SMILES string of the molecule is C=S1(=O)C[C@@](C)(c2cc(CC(=O)C3(C)CC3)ccc2F)N=C(N)C1(C)C. The molecule has 1 fully saturated rings. The Balaban J connectivity index is 2.02. The molecule has 1 aliphatic heterocycles. The lowest BCUT2D eigenvalue weighted by atomic mass is 9.89. The van der Waals surface area contributed by atoms with Crippen molar-refractivity contribution >= 4 is 27.0 Å². The average Bonchev–Trinajstić information content (AvgIpc) is 3.26. The molecule has 4 nitrogen and oxygen atoms in total. The molecule has 2 N–H and O–H groups in total. The maximum atomic E-state index is 14.6. The summed E-state index contributed by atoms with van der Waals surface area (Å²) in [6.45, 7) is 7.20. The highest BCUT2D eigenvalue weighted by Crippen LogP contribution is 2.46. The topological polar surface area (TPSA) is 72.5 Å². The molecule has 1 heterocycles. The van der Waals surface area contributed by atoms with E-state index in [-0.39, 0.29) is 29.2 Å². The van der Waals surface area contributed by atoms with Crippen LogP contribution in [0.4, 0.5) is 4.39 Å². The molecular formula is C20H27FN2O2S. The highest BCUT2D eigenvalue weighted by molar-refractivity contribution is 8.02. The van der Waals surface area contributed by atoms with E-state index in [1.807, 2.05) is 6.92 Å². The van der Waals surface area contributed by atoms with E-state index in [9.17, 15) is 13.4 Å². The number of aliphatic imine (C=N–C) groups is 1. The second-order valence-corrected chi connectivity index (χ2v) is 11.6. The quantitative estimate of drug-likeness (QED) is 0.819. The molecular weight excluding hydrogens is 351 g/mol. The Morgan fingerprint density at radius 3 is 2.46 bits per heavy atom. The molecule has 1 aromatic rings. The van der Waals surface area contributed by atoms with Crippen molar-refractivity contribution in [3.05, 3.63) is 35.1 Å². The van der Waals surface area contributed by atoms with Gasteiger partial charge in [0.05, 0.1) is 10.3 Å². The zero-order valence-electron chi connectivity index (χ0n) is 15.9. The number of rotatable bonds is 4. The molecule has 142 valence electrons. The van der Waals surface area contributed by atoms with E-state index in [4.69, 9.17) is 5.73 Å². The fourth-order valence-corrected chi connectivity index (χ4v) is 5.27. The number of halogens is 1. The van der Waals surface area contributed by atoms with Crippen LogP contribution in [0.5, 0.6) is 0 Å². The molecule has 1 saturated carbocycles. The van der Waals surface area contributed by atoms with Gasteiger partial charge in [-0.2, -0.15) is 0 Å². The van der Waals surface area contributed by atoms with Gasteiger partial charge in [-0.3, -0.25) is 14.0 Å². The molecule has 0 bridgehead atoms. The van der Waals surface area contributed by atoms with Crippen molar-refractivity contribution in [1.82, 2.24) is 0 Å². The lowest BCUT2D eigenvalue weighted by Gasteiger charge is -2.41. The van der Waals surface area contributed by atoms with Gasteiger partial charge in [0.25, 0.3) is 0 Å². The molecule has 1 aromatic carbocycles. The third kappa shape index (κ3) is 2.98. The number of carbonyl (C=O) groups excluding carboxylic acids is 1. The monoisotopic (exact) mass is 378 g/mol. The fraction of sp³-hybridized carbons (Fsp3) is 0.550. The Labute approximate surface area is 155 Å². The van der Waals surface area contributed by atoms with Gasteiger partial charge < -0.3 is 5.73 Å². The number of hydrogen-bond acceptors (Lipinski definition) is 4. The van der Waals surface area contributed by atoms with Crippen LogP contribution in [0, 0.1) is 11.2 Å². The normalized spacial score (nSPS) is 32.0. The minimum atomic E-state index is -2.62. The van der Waals surface area contributed by atoms with Gasteiger partial charge in [0.1, 0.15) is 17.4 Å². The van der Waals surface area contributed by atoms with Crippen LogP contribution in [0.3, 0.4) is 0 Å². The van der Waals surface area contributed by atoms with Crippen molar-refractivity contribution in [2.24, 2.45) is 16.1 Å². The van der Waals surface area contributed by atoms with Crippen LogP contribution in [0.1, 0.15) is 51.7 Å². The molecule has 3 rings (SSSR count). The molecule has 1 unspecified atom stereocenters. The Kier molecular flexibility index (Phi) is 4.15. The van der Waals surface area contributed by atoms with Gasteiger partial charge in [-0.25, -0.2) is 4.39 Å². The first-order chi connectivity index (χ1) is 11.8. The zero-order valence-corrected chi connectivity index (χ0v) is 16.7. The summed E-state index contributed by atoms with van der Waals surface area (Å²) < 4.78 is 26.9. The minimum absolute atomic E-state index is 0.111. The number of nitrogens with two attached hydrogens (primary N) is 1. The molecule has 0 amide bonds. The van der Waals surface area contributed by atoms with Crippen molar-refractivity contribution in [1.29, 1.82) is 0 Å². The molecule has 0 radical (unpaired) electrons. The molecule has 2 atom stereocenters. The number of Topliss-reactive ketones (excluding diaryl/α,β-unsaturated/α-hetero) is 1. The van der Waals surface area contributed by atoms with Gasteiger partial charge >= 0.3 is 0 Å². The van der Waals surface area contributed by atoms with E-state index in [2.05, 4.69) is 10.9 Å². The molecule has 0 spiro atoms. The maximum Gasteiger partial charge on any atom is 0.143 e. The van der Waals surface area contributed by atoms with Crippen molar-refractivity contribution in [3.8, 4) is 0 Å². The van der Waals surface area contributed by atoms with Gasteiger partial charge in [-0.15, -0.1) is 0 Å². The lowest BCUT2D eigenvalue weighted by Crippen LogP contribution is -2.54. The average molecular weight is 379 g/mol. The van der Waals surface area contributed by atoms with E-state index in [0.717, 1.165) is 18.4 Å². The molecule has 26 heavy (non-hydrogen) atoms. The summed E-state index contributed by atoms with van der Waals surface area (Å²) in [6.07, 6.45) is 2.10. The van der Waals surface area contributed by atoms with Gasteiger partial charge in [-0.05, 0) is 66.7 Å². The Morgan fingerprint density at radius 1 is 1.31 bits per heavy atom. The molecule has 0 aromatic heterocycles. The number of nitrogens with zero attached hydrogens (tertiary/aromatic N) is 1. The first-order valence-electron chi connectivity index (χ1n) is 8.83. The van der Waals surface area contributed by atoms with Crippen molar-refractivity contribution in [2.45, 2.75) is 57.2 Å². The van der Waals surface area contributed by atoms with Gasteiger partial charge in [0.15, 0.2) is 0 Å². The van der Waals surface area contributed by atoms with Gasteiger partial charge in [0.2, 0.25) is 0 Å². The zero-order chi connectivity index (χ0) is 19.5. The highest BCUT2D eigenvalue weighted by atomic mass is 32.2. The van der Waals surface area contributed by atoms with E-state index in [0.29, 0.717) is 5.56 Å². The molecule has 6 heteroatoms. The second kappa shape index (κ2) is 5.65. The standard InChI is InChI=1S/C20H27FN2O2S/c1-18(2)17(22)23-20(4,12-26(18,5)25)14-10-13(6-7-15(14)21)11-16(24)19(3)8-9-19/h6-7,10H,5,8-9,11-12H2,1-4H3,(H2,22,23)/t20-,26?/m0/s1. The lowest BCUT2D eigenvalue weighted by molar-refractivity contribution is -0.122. The predicted molar refractivity (Wildman–Crippen MR) is 106 cm³/mol. The Bertz CT molecular complexity index is 914. The number of amidine groups is 1. The molecule has 1 aliphatic carbocycles. The summed E-state index contributed by atoms with van der Waals surface area (Å²) in [5.74, 6) is 3.95. The predicted octanol–water partition coefficient (Wildman–Crippen LogP) is 2.82. The highest BCUT2D eigenvalue weighted by Gasteiger charge is 2.46. The Hall–Kier alpha value is -1.69. The third-order valence-corrected chi connectivity index (χ3v) is 9.17. The van der Waals surface area contributed by atoms with E-state index < -0.39 is 25.6 Å². The number of benzene rings is 1. The maximum absolute atomic E-state index is 14.6. The minimum Gasteiger partial charge on any atom is -0.386 e. The van der Waals surface area contributed by atoms with Crippen molar-refractivity contribution in [3.63, 3.8) is 0 Å². The van der Waals surface area contributed by atoms with Crippen LogP contribution in [0.2, 0.25) is 0 Å². The smallest absolute Gasteiger partial charge is 0.143 e. The number of ketones is 1. The summed E-state index contributed by atoms with van der Waals surface area (Å²) in [5, 5.41) is 0. The van der Waals surface area contributed by atoms with E-state index in [1.54, 1.807) is 32.9 Å². The van der Waals surface area contributed by atoms with E-state index >= 15 is 0 Å².